The van der Waals surface area contributed by atoms with Crippen LogP contribution in [0.5, 0.6) is 0 Å². The number of nitro groups is 1. The van der Waals surface area contributed by atoms with Gasteiger partial charge in [0.05, 0.1) is 21.1 Å². The molecule has 8 heteroatoms. The largest absolute Gasteiger partial charge is 0.304 e. The van der Waals surface area contributed by atoms with Gasteiger partial charge in [0.2, 0.25) is 0 Å². The first-order valence-electron chi connectivity index (χ1n) is 7.18. The van der Waals surface area contributed by atoms with Gasteiger partial charge in [0.15, 0.2) is 0 Å². The fourth-order valence-corrected chi connectivity index (χ4v) is 5.12. The number of nitrogens with one attached hydrogen (secondary N) is 1. The molecule has 6 nitrogen and oxygen atoms in total. The van der Waals surface area contributed by atoms with E-state index in [1.54, 1.807) is 23.9 Å². The fraction of sp³-hybridized carbons (Fsp3) is 0.125. The normalized spacial score (nSPS) is 22.0. The summed E-state index contributed by atoms with van der Waals surface area (Å²) in [6, 6.07) is 14.3. The van der Waals surface area contributed by atoms with Gasteiger partial charge < -0.3 is 5.32 Å². The molecule has 2 atom stereocenters. The maximum atomic E-state index is 11.8. The van der Waals surface area contributed by atoms with Gasteiger partial charge >= 0.3 is 0 Å². The Labute approximate surface area is 145 Å². The molecule has 0 aromatic heterocycles. The molecule has 2 unspecified atom stereocenters. The van der Waals surface area contributed by atoms with Crippen molar-refractivity contribution in [3.05, 3.63) is 64.2 Å². The Morgan fingerprint density at radius 3 is 2.54 bits per heavy atom. The number of rotatable bonds is 2. The lowest BCUT2D eigenvalue weighted by atomic mass is 10.1. The summed E-state index contributed by atoms with van der Waals surface area (Å²) < 4.78 is 0. The van der Waals surface area contributed by atoms with E-state index in [1.165, 1.54) is 23.9 Å². The van der Waals surface area contributed by atoms with Gasteiger partial charge in [0, 0.05) is 17.0 Å². The van der Waals surface area contributed by atoms with Crippen molar-refractivity contribution in [3.63, 3.8) is 0 Å². The summed E-state index contributed by atoms with van der Waals surface area (Å²) in [7, 11) is 0. The Morgan fingerprint density at radius 1 is 1.04 bits per heavy atom. The fourth-order valence-electron chi connectivity index (χ4n) is 2.68. The van der Waals surface area contributed by atoms with Crippen LogP contribution in [0.25, 0.3) is 0 Å². The van der Waals surface area contributed by atoms with Crippen molar-refractivity contribution in [2.45, 2.75) is 15.4 Å². The zero-order chi connectivity index (χ0) is 16.7. The summed E-state index contributed by atoms with van der Waals surface area (Å²) in [6.07, 6.45) is 0. The molecule has 4 rings (SSSR count). The van der Waals surface area contributed by atoms with E-state index in [1.807, 2.05) is 24.3 Å². The molecule has 0 spiro atoms. The monoisotopic (exact) mass is 357 g/mol. The minimum absolute atomic E-state index is 0.0555. The van der Waals surface area contributed by atoms with E-state index in [9.17, 15) is 14.9 Å². The number of hydrogen-bond donors (Lipinski definition) is 1. The van der Waals surface area contributed by atoms with E-state index >= 15 is 0 Å². The molecule has 1 N–H and O–H groups in total. The second-order valence-corrected chi connectivity index (χ2v) is 7.60. The topological polar surface area (TPSA) is 84.6 Å². The number of fused-ring (bicyclic) bond motifs is 2. The predicted octanol–water partition coefficient (Wildman–Crippen LogP) is 4.30. The molecule has 120 valence electrons. The highest BCUT2D eigenvalue weighted by atomic mass is 32.2. The number of para-hydroxylation sites is 1. The third-order valence-electron chi connectivity index (χ3n) is 3.80. The van der Waals surface area contributed by atoms with Crippen molar-refractivity contribution in [1.82, 2.24) is 5.32 Å². The average Bonchev–Trinajstić information content (AvgIpc) is 2.86. The summed E-state index contributed by atoms with van der Waals surface area (Å²) in [5.41, 5.74) is 1.82. The Balaban J connectivity index is 1.78. The van der Waals surface area contributed by atoms with Gasteiger partial charge in [-0.05, 0) is 17.7 Å². The van der Waals surface area contributed by atoms with Gasteiger partial charge in [-0.3, -0.25) is 14.9 Å². The zero-order valence-corrected chi connectivity index (χ0v) is 13.8. The predicted molar refractivity (Wildman–Crippen MR) is 95.1 cm³/mol. The van der Waals surface area contributed by atoms with Crippen LogP contribution in [0.4, 0.5) is 16.2 Å². The second kappa shape index (κ2) is 5.95. The number of nitro benzene ring substituents is 1. The lowest BCUT2D eigenvalue weighted by Crippen LogP contribution is -2.27. The van der Waals surface area contributed by atoms with Crippen molar-refractivity contribution in [2.75, 3.05) is 0 Å². The third-order valence-corrected chi connectivity index (χ3v) is 6.44. The first kappa shape index (κ1) is 15.2. The molecule has 2 aliphatic rings. The van der Waals surface area contributed by atoms with Gasteiger partial charge in [0.1, 0.15) is 5.84 Å². The van der Waals surface area contributed by atoms with E-state index in [2.05, 4.69) is 10.3 Å². The SMILES string of the molecule is O=C1NC2=Nc3ccccc3SC(c3ccc([N+](=O)[O-])cc3)C2S1. The summed E-state index contributed by atoms with van der Waals surface area (Å²) in [5.74, 6) is 0.644. The molecule has 1 amide bonds. The molecule has 2 aromatic rings. The number of benzene rings is 2. The van der Waals surface area contributed by atoms with Crippen LogP contribution in [0.15, 0.2) is 58.4 Å². The number of amidine groups is 1. The number of nitrogens with zero attached hydrogens (tertiary/aromatic N) is 2. The molecule has 1 fully saturated rings. The smallest absolute Gasteiger partial charge is 0.285 e. The number of aliphatic imine (C=N–C) groups is 1. The van der Waals surface area contributed by atoms with Crippen molar-refractivity contribution < 1.29 is 9.72 Å². The Bertz CT molecular complexity index is 867. The number of thioether (sulfide) groups is 2. The van der Waals surface area contributed by atoms with Crippen LogP contribution in [-0.2, 0) is 0 Å². The van der Waals surface area contributed by atoms with Gasteiger partial charge in [-0.2, -0.15) is 0 Å². The van der Waals surface area contributed by atoms with E-state index in [0.717, 1.165) is 16.1 Å². The highest BCUT2D eigenvalue weighted by molar-refractivity contribution is 8.16. The lowest BCUT2D eigenvalue weighted by molar-refractivity contribution is -0.384. The molecule has 0 aliphatic carbocycles. The van der Waals surface area contributed by atoms with Crippen LogP contribution in [-0.4, -0.2) is 21.2 Å². The molecule has 2 aliphatic heterocycles. The van der Waals surface area contributed by atoms with Crippen molar-refractivity contribution >= 4 is 46.0 Å². The van der Waals surface area contributed by atoms with E-state index in [4.69, 9.17) is 0 Å². The number of carbonyl (C=O) groups excluding carboxylic acids is 1. The maximum Gasteiger partial charge on any atom is 0.285 e. The molecule has 2 aromatic carbocycles. The van der Waals surface area contributed by atoms with Gasteiger partial charge in [-0.25, -0.2) is 4.99 Å². The average molecular weight is 357 g/mol. The molecule has 1 saturated heterocycles. The summed E-state index contributed by atoms with van der Waals surface area (Å²) in [5, 5.41) is 13.4. The molecule has 0 saturated carbocycles. The molecule has 0 bridgehead atoms. The highest BCUT2D eigenvalue weighted by Crippen LogP contribution is 2.49. The van der Waals surface area contributed by atoms with E-state index in [-0.39, 0.29) is 21.4 Å². The second-order valence-electron chi connectivity index (χ2n) is 5.30. The molecule has 24 heavy (non-hydrogen) atoms. The first-order chi connectivity index (χ1) is 11.6. The van der Waals surface area contributed by atoms with E-state index < -0.39 is 4.92 Å². The molecular formula is C16H11N3O3S2. The van der Waals surface area contributed by atoms with Gasteiger partial charge in [-0.15, -0.1) is 11.8 Å². The maximum absolute atomic E-state index is 11.8. The third kappa shape index (κ3) is 2.67. The zero-order valence-electron chi connectivity index (χ0n) is 12.2. The van der Waals surface area contributed by atoms with Gasteiger partial charge in [0.25, 0.3) is 10.9 Å². The van der Waals surface area contributed by atoms with Crippen molar-refractivity contribution in [1.29, 1.82) is 0 Å². The van der Waals surface area contributed by atoms with Gasteiger partial charge in [-0.1, -0.05) is 36.0 Å². The van der Waals surface area contributed by atoms with Crippen LogP contribution in [0.1, 0.15) is 10.8 Å². The number of hydrogen-bond acceptors (Lipinski definition) is 6. The standard InChI is InChI=1S/C16H11N3O3S2/c20-16-18-15-14(24-16)13(9-5-7-10(8-6-9)19(21)22)23-12-4-2-1-3-11(12)17-15/h1-8,13-14H,(H,17,18,20). The molecular weight excluding hydrogens is 346 g/mol. The minimum atomic E-state index is -0.415. The minimum Gasteiger partial charge on any atom is -0.304 e. The summed E-state index contributed by atoms with van der Waals surface area (Å²) >= 11 is 2.84. The van der Waals surface area contributed by atoms with E-state index in [0.29, 0.717) is 5.84 Å². The van der Waals surface area contributed by atoms with Crippen LogP contribution in [0, 0.1) is 10.1 Å². The summed E-state index contributed by atoms with van der Waals surface area (Å²) in [6.45, 7) is 0. The van der Waals surface area contributed by atoms with Crippen molar-refractivity contribution in [2.24, 2.45) is 4.99 Å². The number of non-ortho nitro benzene ring substituents is 1. The van der Waals surface area contributed by atoms with Crippen LogP contribution < -0.4 is 5.32 Å². The molecule has 2 heterocycles. The summed E-state index contributed by atoms with van der Waals surface area (Å²) in [4.78, 5) is 27.9. The number of carbonyl (C=O) groups is 1. The highest BCUT2D eigenvalue weighted by Gasteiger charge is 2.39. The number of amides is 1. The quantitative estimate of drug-likeness (QED) is 0.640. The Morgan fingerprint density at radius 2 is 1.79 bits per heavy atom. The first-order valence-corrected chi connectivity index (χ1v) is 8.94. The lowest BCUT2D eigenvalue weighted by Gasteiger charge is -2.20. The van der Waals surface area contributed by atoms with Crippen molar-refractivity contribution in [3.8, 4) is 0 Å². The van der Waals surface area contributed by atoms with Crippen LogP contribution >= 0.6 is 23.5 Å². The Kier molecular flexibility index (Phi) is 3.78. The van der Waals surface area contributed by atoms with Crippen LogP contribution in [0.2, 0.25) is 0 Å². The Hall–Kier alpha value is -2.32. The molecule has 0 radical (unpaired) electrons. The van der Waals surface area contributed by atoms with Crippen LogP contribution in [0.3, 0.4) is 0 Å².